The molecule has 3 aromatic rings. The predicted molar refractivity (Wildman–Crippen MR) is 129 cm³/mol. The van der Waals surface area contributed by atoms with Crippen molar-refractivity contribution in [1.29, 1.82) is 0 Å². The average molecular weight is 454 g/mol. The molecule has 31 heavy (non-hydrogen) atoms. The van der Waals surface area contributed by atoms with Gasteiger partial charge >= 0.3 is 0 Å². The van der Waals surface area contributed by atoms with E-state index in [0.717, 1.165) is 22.6 Å². The third-order valence-electron chi connectivity index (χ3n) is 4.40. The minimum Gasteiger partial charge on any atom is -0.497 e. The van der Waals surface area contributed by atoms with Crippen LogP contribution in [-0.4, -0.2) is 32.4 Å². The number of hydrogen-bond acceptors (Lipinski definition) is 5. The second-order valence-electron chi connectivity index (χ2n) is 6.74. The number of nitrogens with one attached hydrogen (secondary N) is 2. The number of thiocarbonyl (C=S) groups is 1. The highest BCUT2D eigenvalue weighted by Crippen LogP contribution is 2.15. The van der Waals surface area contributed by atoms with Crippen LogP contribution in [0, 0.1) is 6.92 Å². The van der Waals surface area contributed by atoms with Gasteiger partial charge in [-0.1, -0.05) is 48.0 Å². The molecule has 2 N–H and O–H groups in total. The molecule has 0 radical (unpaired) electrons. The Morgan fingerprint density at radius 1 is 0.968 bits per heavy atom. The smallest absolute Gasteiger partial charge is 0.198 e. The Morgan fingerprint density at radius 2 is 1.61 bits per heavy atom. The molecule has 6 nitrogen and oxygen atoms in total. The molecule has 0 heterocycles. The highest BCUT2D eigenvalue weighted by molar-refractivity contribution is 7.91. The number of ether oxygens (including phenoxy) is 1. The Hall–Kier alpha value is -3.23. The van der Waals surface area contributed by atoms with Crippen LogP contribution in [0.4, 0.5) is 5.69 Å². The van der Waals surface area contributed by atoms with Gasteiger partial charge in [-0.2, -0.15) is 0 Å². The van der Waals surface area contributed by atoms with Crippen molar-refractivity contribution in [3.05, 3.63) is 90.0 Å². The fourth-order valence-electron chi connectivity index (χ4n) is 2.71. The van der Waals surface area contributed by atoms with Crippen LogP contribution < -0.4 is 15.4 Å². The highest BCUT2D eigenvalue weighted by Gasteiger charge is 2.15. The van der Waals surface area contributed by atoms with Gasteiger partial charge in [0.2, 0.25) is 0 Å². The molecule has 0 aliphatic carbocycles. The molecule has 0 amide bonds. The van der Waals surface area contributed by atoms with Gasteiger partial charge in [0, 0.05) is 11.3 Å². The number of aryl methyl sites for hydroxylation is 1. The van der Waals surface area contributed by atoms with Gasteiger partial charge in [-0.05, 0) is 55.5 Å². The summed E-state index contributed by atoms with van der Waals surface area (Å²) in [7, 11) is -1.98. The summed E-state index contributed by atoms with van der Waals surface area (Å²) in [5.41, 5.74) is 2.57. The number of aliphatic imine (C=N–C) groups is 1. The van der Waals surface area contributed by atoms with Crippen LogP contribution in [0.5, 0.6) is 5.75 Å². The van der Waals surface area contributed by atoms with Crippen LogP contribution >= 0.6 is 12.2 Å². The number of benzene rings is 3. The Kier molecular flexibility index (Phi) is 7.38. The first-order chi connectivity index (χ1) is 14.9. The zero-order valence-corrected chi connectivity index (χ0v) is 18.8. The van der Waals surface area contributed by atoms with Gasteiger partial charge in [-0.25, -0.2) is 8.42 Å². The molecule has 0 spiro atoms. The van der Waals surface area contributed by atoms with Crippen molar-refractivity contribution in [3.8, 4) is 5.75 Å². The van der Waals surface area contributed by atoms with Crippen LogP contribution in [0.1, 0.15) is 11.1 Å². The second kappa shape index (κ2) is 10.2. The topological polar surface area (TPSA) is 79.8 Å². The molecule has 3 aromatic carbocycles. The van der Waals surface area contributed by atoms with Crippen LogP contribution in [0.25, 0.3) is 0 Å². The van der Waals surface area contributed by atoms with Crippen molar-refractivity contribution in [1.82, 2.24) is 5.32 Å². The average Bonchev–Trinajstić information content (AvgIpc) is 2.78. The van der Waals surface area contributed by atoms with Gasteiger partial charge in [-0.15, -0.1) is 0 Å². The lowest BCUT2D eigenvalue weighted by Gasteiger charge is -2.14. The van der Waals surface area contributed by atoms with Gasteiger partial charge in [-0.3, -0.25) is 4.99 Å². The number of anilines is 1. The fourth-order valence-corrected chi connectivity index (χ4v) is 3.95. The van der Waals surface area contributed by atoms with Crippen LogP contribution in [0.2, 0.25) is 0 Å². The zero-order chi connectivity index (χ0) is 22.3. The molecule has 0 atom stereocenters. The summed E-state index contributed by atoms with van der Waals surface area (Å²) in [6.45, 7) is 1.98. The first-order valence-corrected chi connectivity index (χ1v) is 11.5. The summed E-state index contributed by atoms with van der Waals surface area (Å²) >= 11 is 5.42. The number of sulfone groups is 1. The maximum absolute atomic E-state index is 12.7. The fraction of sp³-hybridized carbons (Fsp3) is 0.130. The van der Waals surface area contributed by atoms with Crippen molar-refractivity contribution in [3.63, 3.8) is 0 Å². The van der Waals surface area contributed by atoms with E-state index < -0.39 is 15.7 Å². The minimum absolute atomic E-state index is 0.223. The summed E-state index contributed by atoms with van der Waals surface area (Å²) in [5, 5.41) is 6.39. The van der Waals surface area contributed by atoms with E-state index in [2.05, 4.69) is 15.6 Å². The molecule has 3 rings (SSSR count). The van der Waals surface area contributed by atoms with Gasteiger partial charge in [0.1, 0.15) is 17.5 Å². The molecule has 0 bridgehead atoms. The summed E-state index contributed by atoms with van der Waals surface area (Å²) in [6, 6.07) is 23.1. The number of amidine groups is 1. The Bertz CT molecular complexity index is 1160. The van der Waals surface area contributed by atoms with E-state index in [1.54, 1.807) is 37.4 Å². The van der Waals surface area contributed by atoms with Gasteiger partial charge < -0.3 is 15.4 Å². The van der Waals surface area contributed by atoms with E-state index in [1.807, 2.05) is 55.5 Å². The second-order valence-corrected chi connectivity index (χ2v) is 9.10. The van der Waals surface area contributed by atoms with Crippen molar-refractivity contribution in [2.24, 2.45) is 4.99 Å². The molecule has 0 aliphatic heterocycles. The number of hydrogen-bond donors (Lipinski definition) is 2. The van der Waals surface area contributed by atoms with E-state index in [4.69, 9.17) is 17.0 Å². The van der Waals surface area contributed by atoms with Crippen molar-refractivity contribution >= 4 is 38.7 Å². The summed E-state index contributed by atoms with van der Waals surface area (Å²) in [6.07, 6.45) is 0. The Balaban J connectivity index is 1.81. The lowest BCUT2D eigenvalue weighted by molar-refractivity contribution is 0.415. The van der Waals surface area contributed by atoms with E-state index in [-0.39, 0.29) is 4.90 Å². The SMILES string of the molecule is COc1ccc(NC(=S)N/C(=N/CS(=O)(=O)c2ccccc2)c2ccc(C)cc2)cc1. The molecule has 0 aromatic heterocycles. The standard InChI is InChI=1S/C23H23N3O3S2/c1-17-8-10-18(11-9-17)22(24-16-31(27,28)21-6-4-3-5-7-21)26-23(30)25-19-12-14-20(29-2)15-13-19/h3-15H,16H2,1-2H3,(H2,24,25,26,30). The molecule has 160 valence electrons. The maximum Gasteiger partial charge on any atom is 0.198 e. The molecule has 8 heteroatoms. The van der Waals surface area contributed by atoms with Crippen molar-refractivity contribution in [2.75, 3.05) is 18.3 Å². The molecule has 0 fully saturated rings. The minimum atomic E-state index is -3.58. The number of rotatable bonds is 6. The summed E-state index contributed by atoms with van der Waals surface area (Å²) in [5.74, 6) is 0.696. The largest absolute Gasteiger partial charge is 0.497 e. The van der Waals surface area contributed by atoms with Crippen LogP contribution in [0.15, 0.2) is 88.8 Å². The first kappa shape index (κ1) is 22.5. The summed E-state index contributed by atoms with van der Waals surface area (Å²) < 4.78 is 30.5. The molecule has 0 aliphatic rings. The quantitative estimate of drug-likeness (QED) is 0.331. The van der Waals surface area contributed by atoms with E-state index in [9.17, 15) is 8.42 Å². The zero-order valence-electron chi connectivity index (χ0n) is 17.2. The van der Waals surface area contributed by atoms with Gasteiger partial charge in [0.05, 0.1) is 12.0 Å². The highest BCUT2D eigenvalue weighted by atomic mass is 32.2. The van der Waals surface area contributed by atoms with E-state index in [0.29, 0.717) is 10.9 Å². The Morgan fingerprint density at radius 3 is 2.23 bits per heavy atom. The molecule has 0 saturated heterocycles. The monoisotopic (exact) mass is 453 g/mol. The third-order valence-corrected chi connectivity index (χ3v) is 6.06. The maximum atomic E-state index is 12.7. The molecule has 0 saturated carbocycles. The van der Waals surface area contributed by atoms with Gasteiger partial charge in [0.25, 0.3) is 0 Å². The summed E-state index contributed by atoms with van der Waals surface area (Å²) in [4.78, 5) is 4.57. The van der Waals surface area contributed by atoms with E-state index >= 15 is 0 Å². The predicted octanol–water partition coefficient (Wildman–Crippen LogP) is 4.17. The lowest BCUT2D eigenvalue weighted by atomic mass is 10.1. The Labute approximate surface area is 187 Å². The third kappa shape index (κ3) is 6.37. The van der Waals surface area contributed by atoms with Gasteiger partial charge in [0.15, 0.2) is 14.9 Å². The normalized spacial score (nSPS) is 11.6. The molecular formula is C23H23N3O3S2. The van der Waals surface area contributed by atoms with Crippen LogP contribution in [-0.2, 0) is 9.84 Å². The molecule has 0 unspecified atom stereocenters. The van der Waals surface area contributed by atoms with Crippen LogP contribution in [0.3, 0.4) is 0 Å². The van der Waals surface area contributed by atoms with Crippen molar-refractivity contribution in [2.45, 2.75) is 11.8 Å². The first-order valence-electron chi connectivity index (χ1n) is 9.49. The van der Waals surface area contributed by atoms with E-state index in [1.165, 1.54) is 0 Å². The lowest BCUT2D eigenvalue weighted by Crippen LogP contribution is -2.35. The number of nitrogens with zero attached hydrogens (tertiary/aromatic N) is 1. The number of methoxy groups -OCH3 is 1. The van der Waals surface area contributed by atoms with Crippen molar-refractivity contribution < 1.29 is 13.2 Å². The molecular weight excluding hydrogens is 430 g/mol.